The fourth-order valence-corrected chi connectivity index (χ4v) is 4.83. The molecule has 32 heavy (non-hydrogen) atoms. The summed E-state index contributed by atoms with van der Waals surface area (Å²) in [4.78, 5) is 18.2. The van der Waals surface area contributed by atoms with Crippen molar-refractivity contribution < 1.29 is 4.79 Å². The van der Waals surface area contributed by atoms with Crippen LogP contribution in [0.1, 0.15) is 4.88 Å². The Morgan fingerprint density at radius 3 is 2.62 bits per heavy atom. The number of thioether (sulfide) groups is 1. The minimum Gasteiger partial charge on any atom is -0.301 e. The van der Waals surface area contributed by atoms with Crippen LogP contribution in [-0.2, 0) is 11.3 Å². The van der Waals surface area contributed by atoms with Crippen LogP contribution in [0.3, 0.4) is 0 Å². The summed E-state index contributed by atoms with van der Waals surface area (Å²) in [7, 11) is 0. The first kappa shape index (κ1) is 22.3. The molecule has 0 saturated carbocycles. The fraction of sp³-hybridized carbons (Fsp3) is 0.130. The molecular weight excluding hydrogens is 462 g/mol. The zero-order valence-electron chi connectivity index (χ0n) is 17.3. The maximum atomic E-state index is 12.6. The summed E-state index contributed by atoms with van der Waals surface area (Å²) in [6.45, 7) is 6.35. The second-order valence-corrected chi connectivity index (χ2v) is 9.42. The fourth-order valence-electron chi connectivity index (χ4n) is 3.10. The van der Waals surface area contributed by atoms with Gasteiger partial charge in [-0.05, 0) is 31.2 Å². The van der Waals surface area contributed by atoms with Gasteiger partial charge in [0.05, 0.1) is 11.4 Å². The van der Waals surface area contributed by atoms with Crippen molar-refractivity contribution in [3.05, 3.63) is 77.2 Å². The van der Waals surface area contributed by atoms with E-state index in [0.717, 1.165) is 21.7 Å². The van der Waals surface area contributed by atoms with Crippen molar-refractivity contribution >= 4 is 45.7 Å². The number of carbonyl (C=O) groups excluding carboxylic acids is 1. The van der Waals surface area contributed by atoms with E-state index < -0.39 is 0 Å². The molecule has 9 heteroatoms. The van der Waals surface area contributed by atoms with E-state index in [1.807, 2.05) is 66.1 Å². The lowest BCUT2D eigenvalue weighted by molar-refractivity contribution is -0.113. The van der Waals surface area contributed by atoms with Gasteiger partial charge in [-0.2, -0.15) is 0 Å². The summed E-state index contributed by atoms with van der Waals surface area (Å²) >= 11 is 8.77. The number of nitrogens with zero attached hydrogens (tertiary/aromatic N) is 4. The van der Waals surface area contributed by atoms with Crippen LogP contribution in [0.25, 0.3) is 22.6 Å². The van der Waals surface area contributed by atoms with Crippen LogP contribution in [0.4, 0.5) is 5.13 Å². The number of rotatable bonds is 8. The van der Waals surface area contributed by atoms with Gasteiger partial charge in [-0.1, -0.05) is 59.8 Å². The smallest absolute Gasteiger partial charge is 0.236 e. The van der Waals surface area contributed by atoms with E-state index in [2.05, 4.69) is 27.1 Å². The molecule has 162 valence electrons. The highest BCUT2D eigenvalue weighted by Crippen LogP contribution is 2.30. The molecule has 0 spiro atoms. The molecule has 1 N–H and O–H groups in total. The number of anilines is 1. The van der Waals surface area contributed by atoms with Crippen LogP contribution in [0.2, 0.25) is 5.02 Å². The summed E-state index contributed by atoms with van der Waals surface area (Å²) < 4.78 is 1.93. The van der Waals surface area contributed by atoms with Gasteiger partial charge in [-0.15, -0.1) is 28.1 Å². The largest absolute Gasteiger partial charge is 0.301 e. The Kier molecular flexibility index (Phi) is 7.04. The van der Waals surface area contributed by atoms with Gasteiger partial charge in [0.15, 0.2) is 16.1 Å². The third-order valence-electron chi connectivity index (χ3n) is 4.55. The van der Waals surface area contributed by atoms with Gasteiger partial charge in [0.25, 0.3) is 0 Å². The van der Waals surface area contributed by atoms with Gasteiger partial charge in [-0.3, -0.25) is 9.36 Å². The van der Waals surface area contributed by atoms with Crippen molar-refractivity contribution in [3.63, 3.8) is 0 Å². The number of halogens is 1. The summed E-state index contributed by atoms with van der Waals surface area (Å²) in [5, 5.41) is 13.4. The van der Waals surface area contributed by atoms with Crippen LogP contribution in [0.15, 0.2) is 72.4 Å². The molecule has 0 fully saturated rings. The number of hydrogen-bond acceptors (Lipinski definition) is 6. The van der Waals surface area contributed by atoms with Gasteiger partial charge in [-0.25, -0.2) is 4.98 Å². The lowest BCUT2D eigenvalue weighted by Crippen LogP contribution is -2.14. The Morgan fingerprint density at radius 2 is 1.91 bits per heavy atom. The number of nitrogens with one attached hydrogen (secondary N) is 1. The third kappa shape index (κ3) is 5.09. The van der Waals surface area contributed by atoms with E-state index in [4.69, 9.17) is 11.6 Å². The second kappa shape index (κ2) is 10.1. The molecule has 0 atom stereocenters. The molecule has 2 aromatic carbocycles. The molecule has 0 radical (unpaired) electrons. The normalized spacial score (nSPS) is 10.8. The number of aryl methyl sites for hydroxylation is 1. The van der Waals surface area contributed by atoms with Crippen LogP contribution in [-0.4, -0.2) is 31.4 Å². The SMILES string of the molecule is C=CCn1c(SCC(=O)Nc2nc(-c3ccccc3)c(C)s2)nnc1-c1ccc(Cl)cc1. The van der Waals surface area contributed by atoms with Crippen LogP contribution in [0, 0.1) is 6.92 Å². The number of benzene rings is 2. The molecule has 2 aromatic heterocycles. The molecule has 0 aliphatic heterocycles. The molecule has 0 unspecified atom stereocenters. The number of hydrogen-bond donors (Lipinski definition) is 1. The average Bonchev–Trinajstić information content (AvgIpc) is 3.36. The minimum absolute atomic E-state index is 0.149. The summed E-state index contributed by atoms with van der Waals surface area (Å²) in [6, 6.07) is 17.3. The van der Waals surface area contributed by atoms with E-state index >= 15 is 0 Å². The molecule has 6 nitrogen and oxygen atoms in total. The lowest BCUT2D eigenvalue weighted by atomic mass is 10.1. The van der Waals surface area contributed by atoms with Crippen molar-refractivity contribution in [2.75, 3.05) is 11.1 Å². The summed E-state index contributed by atoms with van der Waals surface area (Å²) in [5.74, 6) is 0.743. The van der Waals surface area contributed by atoms with Crippen LogP contribution in [0.5, 0.6) is 0 Å². The standard InChI is InChI=1S/C23H20ClN5OS2/c1-3-13-29-21(17-9-11-18(24)12-10-17)27-28-23(29)31-14-19(30)25-22-26-20(15(2)32-22)16-7-5-4-6-8-16/h3-12H,1,13-14H2,2H3,(H,25,26,30). The Balaban J connectivity index is 1.44. The highest BCUT2D eigenvalue weighted by atomic mass is 35.5. The molecule has 1 amide bonds. The Morgan fingerprint density at radius 1 is 1.16 bits per heavy atom. The zero-order valence-corrected chi connectivity index (χ0v) is 19.7. The number of carbonyl (C=O) groups is 1. The maximum absolute atomic E-state index is 12.6. The Bertz CT molecular complexity index is 1240. The van der Waals surface area contributed by atoms with Gasteiger partial charge >= 0.3 is 0 Å². The zero-order chi connectivity index (χ0) is 22.5. The van der Waals surface area contributed by atoms with Crippen molar-refractivity contribution in [1.29, 1.82) is 0 Å². The van der Waals surface area contributed by atoms with E-state index in [1.165, 1.54) is 23.1 Å². The van der Waals surface area contributed by atoms with Crippen molar-refractivity contribution in [3.8, 4) is 22.6 Å². The molecule has 0 saturated heterocycles. The number of amides is 1. The Labute approximate surface area is 199 Å². The molecular formula is C23H20ClN5OS2. The summed E-state index contributed by atoms with van der Waals surface area (Å²) in [5.41, 5.74) is 2.81. The van der Waals surface area contributed by atoms with Gasteiger partial charge < -0.3 is 5.32 Å². The first-order valence-electron chi connectivity index (χ1n) is 9.80. The van der Waals surface area contributed by atoms with Gasteiger partial charge in [0.1, 0.15) is 0 Å². The Hall–Kier alpha value is -2.94. The second-order valence-electron chi connectivity index (χ2n) is 6.84. The molecule has 0 aliphatic carbocycles. The maximum Gasteiger partial charge on any atom is 0.236 e. The number of allylic oxidation sites excluding steroid dienone is 1. The highest BCUT2D eigenvalue weighted by Gasteiger charge is 2.16. The molecule has 0 bridgehead atoms. The predicted molar refractivity (Wildman–Crippen MR) is 132 cm³/mol. The third-order valence-corrected chi connectivity index (χ3v) is 6.66. The summed E-state index contributed by atoms with van der Waals surface area (Å²) in [6.07, 6.45) is 1.77. The van der Waals surface area contributed by atoms with E-state index in [0.29, 0.717) is 27.7 Å². The lowest BCUT2D eigenvalue weighted by Gasteiger charge is -2.07. The van der Waals surface area contributed by atoms with E-state index in [9.17, 15) is 4.79 Å². The number of thiazole rings is 1. The molecule has 4 aromatic rings. The first-order valence-corrected chi connectivity index (χ1v) is 12.0. The van der Waals surface area contributed by atoms with Crippen molar-refractivity contribution in [1.82, 2.24) is 19.7 Å². The topological polar surface area (TPSA) is 72.7 Å². The van der Waals surface area contributed by atoms with Crippen LogP contribution >= 0.6 is 34.7 Å². The van der Waals surface area contributed by atoms with E-state index in [1.54, 1.807) is 6.08 Å². The monoisotopic (exact) mass is 481 g/mol. The average molecular weight is 482 g/mol. The van der Waals surface area contributed by atoms with Crippen molar-refractivity contribution in [2.45, 2.75) is 18.6 Å². The number of aromatic nitrogens is 4. The van der Waals surface area contributed by atoms with Gasteiger partial charge in [0, 0.05) is 27.6 Å². The molecule has 4 rings (SSSR count). The van der Waals surface area contributed by atoms with Crippen LogP contribution < -0.4 is 5.32 Å². The minimum atomic E-state index is -0.149. The van der Waals surface area contributed by atoms with Gasteiger partial charge in [0.2, 0.25) is 5.91 Å². The highest BCUT2D eigenvalue weighted by molar-refractivity contribution is 7.99. The van der Waals surface area contributed by atoms with E-state index in [-0.39, 0.29) is 11.7 Å². The molecule has 2 heterocycles. The first-order chi connectivity index (χ1) is 15.5. The van der Waals surface area contributed by atoms with Crippen molar-refractivity contribution in [2.24, 2.45) is 0 Å². The quantitative estimate of drug-likeness (QED) is 0.249. The molecule has 0 aliphatic rings. The predicted octanol–water partition coefficient (Wildman–Crippen LogP) is 5.95.